The molecule has 9 heteroatoms. The maximum absolute atomic E-state index is 13.4. The first kappa shape index (κ1) is 16.8. The first-order valence-electron chi connectivity index (χ1n) is 6.24. The maximum Gasteiger partial charge on any atom is 0.333 e. The molecule has 0 aliphatic carbocycles. The van der Waals surface area contributed by atoms with Crippen LogP contribution in [0, 0.1) is 24.4 Å². The molecule has 0 saturated heterocycles. The van der Waals surface area contributed by atoms with E-state index in [2.05, 4.69) is 0 Å². The fraction of sp³-hybridized carbons (Fsp3) is 0.0714. The maximum atomic E-state index is 13.4. The summed E-state index contributed by atoms with van der Waals surface area (Å²) >= 11 is 0. The predicted molar refractivity (Wildman–Crippen MR) is 76.8 cm³/mol. The summed E-state index contributed by atoms with van der Waals surface area (Å²) in [4.78, 5) is 11.5. The van der Waals surface area contributed by atoms with Crippen molar-refractivity contribution in [1.29, 1.82) is 0 Å². The minimum atomic E-state index is -4.18. The number of rotatable bonds is 3. The van der Waals surface area contributed by atoms with Crippen LogP contribution in [0.1, 0.15) is 5.56 Å². The van der Waals surface area contributed by atoms with Crippen LogP contribution in [0.25, 0.3) is 0 Å². The van der Waals surface area contributed by atoms with E-state index in [1.807, 2.05) is 0 Å². The standard InChI is InChI=1S/C14H11F3N2O3S/c1-8-2-4-9(5-3-8)23(21,22)19-14(20)18-11-7-6-10(15)12(16)13(11)17/h2-7H,1H3,(H2,18,19,20). The van der Waals surface area contributed by atoms with Crippen molar-refractivity contribution in [1.82, 2.24) is 4.72 Å². The number of benzene rings is 2. The molecule has 0 aliphatic heterocycles. The van der Waals surface area contributed by atoms with Gasteiger partial charge in [0.15, 0.2) is 17.5 Å². The van der Waals surface area contributed by atoms with E-state index >= 15 is 0 Å². The Morgan fingerprint density at radius 1 is 0.957 bits per heavy atom. The third kappa shape index (κ3) is 3.81. The third-order valence-corrected chi connectivity index (χ3v) is 4.19. The van der Waals surface area contributed by atoms with Gasteiger partial charge >= 0.3 is 6.03 Å². The Hall–Kier alpha value is -2.55. The molecule has 2 aromatic rings. The molecule has 122 valence electrons. The monoisotopic (exact) mass is 344 g/mol. The SMILES string of the molecule is Cc1ccc(S(=O)(=O)NC(=O)Nc2ccc(F)c(F)c2F)cc1. The predicted octanol–water partition coefficient (Wildman–Crippen LogP) is 2.92. The number of carbonyl (C=O) groups excluding carboxylic acids is 1. The fourth-order valence-electron chi connectivity index (χ4n) is 1.67. The lowest BCUT2D eigenvalue weighted by Crippen LogP contribution is -2.34. The molecule has 0 spiro atoms. The van der Waals surface area contributed by atoms with Crippen LogP contribution >= 0.6 is 0 Å². The highest BCUT2D eigenvalue weighted by molar-refractivity contribution is 7.90. The highest BCUT2D eigenvalue weighted by Gasteiger charge is 2.20. The molecule has 0 radical (unpaired) electrons. The van der Waals surface area contributed by atoms with Gasteiger partial charge in [0.05, 0.1) is 10.6 Å². The number of hydrogen-bond donors (Lipinski definition) is 2. The lowest BCUT2D eigenvalue weighted by Gasteiger charge is -2.10. The van der Waals surface area contributed by atoms with Gasteiger partial charge in [0.25, 0.3) is 10.0 Å². The van der Waals surface area contributed by atoms with Gasteiger partial charge < -0.3 is 5.32 Å². The molecule has 0 aromatic heterocycles. The zero-order valence-corrected chi connectivity index (χ0v) is 12.5. The van der Waals surface area contributed by atoms with Crippen molar-refractivity contribution < 1.29 is 26.4 Å². The molecule has 5 nitrogen and oxygen atoms in total. The van der Waals surface area contributed by atoms with Gasteiger partial charge in [-0.05, 0) is 31.2 Å². The fourth-order valence-corrected chi connectivity index (χ4v) is 2.58. The topological polar surface area (TPSA) is 75.3 Å². The zero-order chi connectivity index (χ0) is 17.2. The van der Waals surface area contributed by atoms with Gasteiger partial charge in [-0.25, -0.2) is 31.1 Å². The molecule has 2 aromatic carbocycles. The first-order valence-corrected chi connectivity index (χ1v) is 7.73. The molecule has 0 aliphatic rings. The summed E-state index contributed by atoms with van der Waals surface area (Å²) in [7, 11) is -4.18. The van der Waals surface area contributed by atoms with E-state index in [-0.39, 0.29) is 4.90 Å². The van der Waals surface area contributed by atoms with Gasteiger partial charge in [0.2, 0.25) is 0 Å². The summed E-state index contributed by atoms with van der Waals surface area (Å²) in [6.45, 7) is 1.75. The summed E-state index contributed by atoms with van der Waals surface area (Å²) in [5.41, 5.74) is 0.123. The summed E-state index contributed by atoms with van der Waals surface area (Å²) in [5.74, 6) is -4.84. The number of aryl methyl sites for hydroxylation is 1. The van der Waals surface area contributed by atoms with Crippen molar-refractivity contribution in [2.45, 2.75) is 11.8 Å². The number of hydrogen-bond acceptors (Lipinski definition) is 3. The molecule has 2 rings (SSSR count). The van der Waals surface area contributed by atoms with Crippen molar-refractivity contribution in [3.05, 3.63) is 59.4 Å². The van der Waals surface area contributed by atoms with Gasteiger partial charge in [-0.2, -0.15) is 0 Å². The van der Waals surface area contributed by atoms with Crippen LogP contribution in [0.3, 0.4) is 0 Å². The van der Waals surface area contributed by atoms with E-state index in [0.29, 0.717) is 6.07 Å². The van der Waals surface area contributed by atoms with Crippen molar-refractivity contribution >= 4 is 21.7 Å². The second kappa shape index (κ2) is 6.29. The normalized spacial score (nSPS) is 11.1. The molecule has 0 bridgehead atoms. The van der Waals surface area contributed by atoms with Crippen LogP contribution in [-0.2, 0) is 10.0 Å². The van der Waals surface area contributed by atoms with E-state index in [1.54, 1.807) is 17.0 Å². The molecule has 0 atom stereocenters. The van der Waals surface area contributed by atoms with Gasteiger partial charge in [-0.1, -0.05) is 17.7 Å². The minimum Gasteiger partial charge on any atom is -0.304 e. The second-order valence-electron chi connectivity index (χ2n) is 4.60. The molecular weight excluding hydrogens is 333 g/mol. The van der Waals surface area contributed by atoms with Gasteiger partial charge in [-0.15, -0.1) is 0 Å². The van der Waals surface area contributed by atoms with Crippen LogP contribution in [0.5, 0.6) is 0 Å². The number of halogens is 3. The number of amides is 2. The van der Waals surface area contributed by atoms with E-state index in [0.717, 1.165) is 11.6 Å². The summed E-state index contributed by atoms with van der Waals surface area (Å²) in [6.07, 6.45) is 0. The van der Waals surface area contributed by atoms with E-state index in [4.69, 9.17) is 0 Å². The number of sulfonamides is 1. The van der Waals surface area contributed by atoms with Crippen molar-refractivity contribution in [2.24, 2.45) is 0 Å². The van der Waals surface area contributed by atoms with E-state index in [9.17, 15) is 26.4 Å². The molecule has 0 unspecified atom stereocenters. The highest BCUT2D eigenvalue weighted by atomic mass is 32.2. The Morgan fingerprint density at radius 3 is 2.17 bits per heavy atom. The highest BCUT2D eigenvalue weighted by Crippen LogP contribution is 2.19. The van der Waals surface area contributed by atoms with Crippen LogP contribution in [0.4, 0.5) is 23.7 Å². The molecule has 0 fully saturated rings. The van der Waals surface area contributed by atoms with Gasteiger partial charge in [0.1, 0.15) is 0 Å². The second-order valence-corrected chi connectivity index (χ2v) is 6.28. The number of urea groups is 1. The Labute approximate surface area is 130 Å². The van der Waals surface area contributed by atoms with E-state index in [1.165, 1.54) is 24.3 Å². The lowest BCUT2D eigenvalue weighted by molar-refractivity contribution is 0.256. The third-order valence-electron chi connectivity index (χ3n) is 2.84. The van der Waals surface area contributed by atoms with Crippen LogP contribution in [0.2, 0.25) is 0 Å². The van der Waals surface area contributed by atoms with Crippen LogP contribution in [0.15, 0.2) is 41.3 Å². The smallest absolute Gasteiger partial charge is 0.304 e. The van der Waals surface area contributed by atoms with Crippen molar-refractivity contribution in [3.8, 4) is 0 Å². The Balaban J connectivity index is 2.16. The first-order chi connectivity index (χ1) is 10.7. The lowest BCUT2D eigenvalue weighted by atomic mass is 10.2. The van der Waals surface area contributed by atoms with Crippen LogP contribution < -0.4 is 10.0 Å². The van der Waals surface area contributed by atoms with Gasteiger partial charge in [-0.3, -0.25) is 0 Å². The molecule has 23 heavy (non-hydrogen) atoms. The minimum absolute atomic E-state index is 0.177. The molecule has 2 amide bonds. The average Bonchev–Trinajstić information content (AvgIpc) is 2.48. The Bertz CT molecular complexity index is 852. The number of carbonyl (C=O) groups is 1. The zero-order valence-electron chi connectivity index (χ0n) is 11.7. The average molecular weight is 344 g/mol. The molecule has 0 heterocycles. The summed E-state index contributed by atoms with van der Waals surface area (Å²) < 4.78 is 64.8. The number of anilines is 1. The summed E-state index contributed by atoms with van der Waals surface area (Å²) in [6, 6.07) is 5.68. The van der Waals surface area contributed by atoms with Gasteiger partial charge in [0, 0.05) is 0 Å². The largest absolute Gasteiger partial charge is 0.333 e. The van der Waals surface area contributed by atoms with Crippen molar-refractivity contribution in [3.63, 3.8) is 0 Å². The van der Waals surface area contributed by atoms with Crippen LogP contribution in [-0.4, -0.2) is 14.4 Å². The Morgan fingerprint density at radius 2 is 1.57 bits per heavy atom. The molecule has 0 saturated carbocycles. The number of nitrogens with one attached hydrogen (secondary N) is 2. The molecule has 2 N–H and O–H groups in total. The Kier molecular flexibility index (Phi) is 4.60. The summed E-state index contributed by atoms with van der Waals surface area (Å²) in [5, 5.41) is 1.80. The molecular formula is C14H11F3N2O3S. The van der Waals surface area contributed by atoms with E-state index < -0.39 is 39.2 Å². The van der Waals surface area contributed by atoms with Crippen molar-refractivity contribution in [2.75, 3.05) is 5.32 Å². The quantitative estimate of drug-likeness (QED) is 0.841.